The highest BCUT2D eigenvalue weighted by Crippen LogP contribution is 2.14. The molecule has 0 radical (unpaired) electrons. The summed E-state index contributed by atoms with van der Waals surface area (Å²) in [6, 6.07) is 39.9. The predicted octanol–water partition coefficient (Wildman–Crippen LogP) is 7.25. The van der Waals surface area contributed by atoms with E-state index < -0.39 is 43.1 Å². The first-order valence-corrected chi connectivity index (χ1v) is 15.7. The fraction of sp³-hybridized carbons (Fsp3) is 0.278. The summed E-state index contributed by atoms with van der Waals surface area (Å²) in [5.41, 5.74) is 4.65. The van der Waals surface area contributed by atoms with Gasteiger partial charge < -0.3 is 16.0 Å². The van der Waals surface area contributed by atoms with Crippen LogP contribution in [-0.4, -0.2) is 54.6 Å². The number of rotatable bonds is 13. The number of halogens is 7. The Morgan fingerprint density at radius 2 is 0.857 bits per heavy atom. The second-order valence-electron chi connectivity index (χ2n) is 10.6. The van der Waals surface area contributed by atoms with Crippen LogP contribution in [0.25, 0.3) is 0 Å². The van der Waals surface area contributed by atoms with Gasteiger partial charge >= 0.3 is 12.4 Å². The molecule has 4 aromatic rings. The molecule has 13 heteroatoms. The monoisotopic (exact) mass is 708 g/mol. The van der Waals surface area contributed by atoms with Crippen molar-refractivity contribution >= 4 is 23.4 Å². The SMILES string of the molecule is O=C(CCl)NCC(F)(F)F.O=C(CN(Cc1ccccc1)Cc1ccccc1)NCC(F)(F)F.c1ccc(CNCc2ccccc2)cc1. The number of alkyl halides is 7. The number of benzene rings is 4. The third-order valence-electron chi connectivity index (χ3n) is 6.30. The van der Waals surface area contributed by atoms with Gasteiger partial charge in [0.2, 0.25) is 11.8 Å². The van der Waals surface area contributed by atoms with Crippen molar-refractivity contribution in [1.82, 2.24) is 20.9 Å². The van der Waals surface area contributed by atoms with Gasteiger partial charge in [0, 0.05) is 26.2 Å². The van der Waals surface area contributed by atoms with E-state index >= 15 is 0 Å². The minimum atomic E-state index is -4.40. The maximum Gasteiger partial charge on any atom is 0.405 e. The van der Waals surface area contributed by atoms with Gasteiger partial charge in [-0.15, -0.1) is 11.6 Å². The van der Waals surface area contributed by atoms with E-state index in [0.717, 1.165) is 24.2 Å². The molecule has 0 saturated carbocycles. The molecule has 0 aliphatic rings. The second kappa shape index (κ2) is 22.3. The molecule has 0 bridgehead atoms. The summed E-state index contributed by atoms with van der Waals surface area (Å²) in [5.74, 6) is -1.91. The lowest BCUT2D eigenvalue weighted by Crippen LogP contribution is -2.40. The summed E-state index contributed by atoms with van der Waals surface area (Å²) in [4.78, 5) is 23.8. The zero-order chi connectivity index (χ0) is 36.0. The van der Waals surface area contributed by atoms with Gasteiger partial charge in [-0.25, -0.2) is 0 Å². The van der Waals surface area contributed by atoms with Gasteiger partial charge in [0.15, 0.2) is 0 Å². The molecular formula is C36H39ClF6N4O2. The molecule has 6 nitrogen and oxygen atoms in total. The maximum absolute atomic E-state index is 12.2. The first-order chi connectivity index (χ1) is 23.3. The summed E-state index contributed by atoms with van der Waals surface area (Å²) in [6.45, 7) is 0.0879. The standard InChI is InChI=1S/C18H19F3N2O.C14H15N.C4H5ClF3NO/c19-18(20,21)14-22-17(24)13-23(11-15-7-3-1-4-8-15)12-16-9-5-2-6-10-16;1-3-7-13(8-4-1)11-15-12-14-9-5-2-6-10-14;5-1-3(10)9-2-4(6,7)8/h1-10H,11-14H2,(H,22,24);1-10,15H,11-12H2;1-2H2,(H,9,10). The van der Waals surface area contributed by atoms with Crippen LogP contribution in [0.5, 0.6) is 0 Å². The topological polar surface area (TPSA) is 73.5 Å². The fourth-order valence-electron chi connectivity index (χ4n) is 4.10. The van der Waals surface area contributed by atoms with Crippen LogP contribution >= 0.6 is 11.6 Å². The molecule has 4 rings (SSSR count). The lowest BCUT2D eigenvalue weighted by Gasteiger charge is -2.22. The van der Waals surface area contributed by atoms with Crippen molar-refractivity contribution in [3.05, 3.63) is 144 Å². The average molecular weight is 709 g/mol. The van der Waals surface area contributed by atoms with Gasteiger partial charge in [-0.1, -0.05) is 121 Å². The number of hydrogen-bond donors (Lipinski definition) is 3. The Morgan fingerprint density at radius 1 is 0.531 bits per heavy atom. The number of nitrogens with zero attached hydrogens (tertiary/aromatic N) is 1. The van der Waals surface area contributed by atoms with Crippen molar-refractivity contribution in [3.8, 4) is 0 Å². The van der Waals surface area contributed by atoms with Gasteiger partial charge in [0.1, 0.15) is 19.0 Å². The molecule has 0 saturated heterocycles. The Morgan fingerprint density at radius 3 is 1.18 bits per heavy atom. The number of carbonyl (C=O) groups is 2. The van der Waals surface area contributed by atoms with E-state index in [1.54, 1.807) is 5.32 Å². The molecule has 0 spiro atoms. The third kappa shape index (κ3) is 21.2. The number of carbonyl (C=O) groups excluding carboxylic acids is 2. The van der Waals surface area contributed by atoms with Crippen LogP contribution in [0.2, 0.25) is 0 Å². The molecule has 2 amide bonds. The van der Waals surface area contributed by atoms with Crippen LogP contribution in [-0.2, 0) is 35.8 Å². The molecule has 0 aromatic heterocycles. The Hall–Kier alpha value is -4.39. The van der Waals surface area contributed by atoms with E-state index in [9.17, 15) is 35.9 Å². The summed E-state index contributed by atoms with van der Waals surface area (Å²) in [7, 11) is 0. The van der Waals surface area contributed by atoms with E-state index in [2.05, 4.69) is 53.8 Å². The van der Waals surface area contributed by atoms with Gasteiger partial charge in [-0.2, -0.15) is 26.3 Å². The molecule has 3 N–H and O–H groups in total. The van der Waals surface area contributed by atoms with Crippen LogP contribution in [0.1, 0.15) is 22.3 Å². The van der Waals surface area contributed by atoms with E-state index in [4.69, 9.17) is 11.6 Å². The Labute approximate surface area is 287 Å². The van der Waals surface area contributed by atoms with E-state index in [-0.39, 0.29) is 6.54 Å². The zero-order valence-corrected chi connectivity index (χ0v) is 27.4. The van der Waals surface area contributed by atoms with E-state index in [0.29, 0.717) is 13.1 Å². The average Bonchev–Trinajstić information content (AvgIpc) is 3.08. The zero-order valence-electron chi connectivity index (χ0n) is 26.6. The molecule has 0 atom stereocenters. The summed E-state index contributed by atoms with van der Waals surface area (Å²) in [6.07, 6.45) is -8.76. The van der Waals surface area contributed by atoms with Crippen LogP contribution in [0.15, 0.2) is 121 Å². The first kappa shape index (κ1) is 40.8. The molecule has 264 valence electrons. The molecule has 49 heavy (non-hydrogen) atoms. The Kier molecular flexibility index (Phi) is 18.5. The number of nitrogens with one attached hydrogen (secondary N) is 3. The summed E-state index contributed by atoms with van der Waals surface area (Å²) >= 11 is 4.90. The van der Waals surface area contributed by atoms with Crippen molar-refractivity contribution in [2.45, 2.75) is 38.5 Å². The highest BCUT2D eigenvalue weighted by molar-refractivity contribution is 6.27. The van der Waals surface area contributed by atoms with E-state index in [1.807, 2.05) is 83.0 Å². The quantitative estimate of drug-likeness (QED) is 0.101. The Bertz CT molecular complexity index is 1380. The third-order valence-corrected chi connectivity index (χ3v) is 6.55. The molecule has 0 fully saturated rings. The highest BCUT2D eigenvalue weighted by Gasteiger charge is 2.28. The molecule has 0 aliphatic carbocycles. The molecule has 0 heterocycles. The van der Waals surface area contributed by atoms with Gasteiger partial charge in [0.05, 0.1) is 6.54 Å². The first-order valence-electron chi connectivity index (χ1n) is 15.1. The molecule has 0 unspecified atom stereocenters. The van der Waals surface area contributed by atoms with Crippen molar-refractivity contribution in [2.75, 3.05) is 25.5 Å². The smallest absolute Gasteiger partial charge is 0.346 e. The predicted molar refractivity (Wildman–Crippen MR) is 179 cm³/mol. The van der Waals surface area contributed by atoms with Crippen LogP contribution in [0, 0.1) is 0 Å². The maximum atomic E-state index is 12.2. The van der Waals surface area contributed by atoms with Crippen molar-refractivity contribution in [1.29, 1.82) is 0 Å². The summed E-state index contributed by atoms with van der Waals surface area (Å²) < 4.78 is 70.5. The molecular weight excluding hydrogens is 670 g/mol. The van der Waals surface area contributed by atoms with Gasteiger partial charge in [0.25, 0.3) is 0 Å². The Balaban J connectivity index is 0.000000284. The second-order valence-corrected chi connectivity index (χ2v) is 10.9. The lowest BCUT2D eigenvalue weighted by molar-refractivity contribution is -0.139. The van der Waals surface area contributed by atoms with Crippen molar-refractivity contribution in [3.63, 3.8) is 0 Å². The molecule has 4 aromatic carbocycles. The van der Waals surface area contributed by atoms with Crippen LogP contribution < -0.4 is 16.0 Å². The highest BCUT2D eigenvalue weighted by atomic mass is 35.5. The van der Waals surface area contributed by atoms with E-state index in [1.165, 1.54) is 11.1 Å². The summed E-state index contributed by atoms with van der Waals surface area (Å²) in [5, 5.41) is 6.91. The largest absolute Gasteiger partial charge is 0.405 e. The van der Waals surface area contributed by atoms with Crippen molar-refractivity contribution < 1.29 is 35.9 Å². The minimum absolute atomic E-state index is 0.0974. The lowest BCUT2D eigenvalue weighted by atomic mass is 10.1. The fourth-order valence-corrected chi connectivity index (χ4v) is 4.19. The van der Waals surface area contributed by atoms with Crippen molar-refractivity contribution in [2.24, 2.45) is 0 Å². The number of hydrogen-bond acceptors (Lipinski definition) is 4. The van der Waals surface area contributed by atoms with Crippen LogP contribution in [0.3, 0.4) is 0 Å². The minimum Gasteiger partial charge on any atom is -0.346 e. The number of amides is 2. The van der Waals surface area contributed by atoms with Gasteiger partial charge in [-0.05, 0) is 22.3 Å². The van der Waals surface area contributed by atoms with Crippen LogP contribution in [0.4, 0.5) is 26.3 Å². The normalized spacial score (nSPS) is 11.0. The molecule has 0 aliphatic heterocycles. The van der Waals surface area contributed by atoms with Gasteiger partial charge in [-0.3, -0.25) is 14.5 Å².